The average molecular weight is 427 g/mol. The fourth-order valence-corrected chi connectivity index (χ4v) is 4.50. The van der Waals surface area contributed by atoms with E-state index >= 15 is 0 Å². The molecule has 1 N–H and O–H groups in total. The van der Waals surface area contributed by atoms with Crippen molar-refractivity contribution in [1.82, 2.24) is 14.8 Å². The Bertz CT molecular complexity index is 981. The van der Waals surface area contributed by atoms with Crippen molar-refractivity contribution in [3.8, 4) is 0 Å². The number of thiazole rings is 1. The smallest absolute Gasteiger partial charge is 0.409 e. The Morgan fingerprint density at radius 1 is 1.25 bits per heavy atom. The highest BCUT2D eigenvalue weighted by atomic mass is 32.2. The molecule has 9 nitrogen and oxygen atoms in total. The van der Waals surface area contributed by atoms with Gasteiger partial charge in [0.2, 0.25) is 5.91 Å². The summed E-state index contributed by atoms with van der Waals surface area (Å²) in [6.07, 6.45) is 0.828. The number of anilines is 1. The van der Waals surface area contributed by atoms with Gasteiger partial charge in [-0.15, -0.1) is 0 Å². The molecule has 1 aromatic heterocycles. The van der Waals surface area contributed by atoms with E-state index < -0.39 is 9.84 Å². The van der Waals surface area contributed by atoms with E-state index in [1.807, 2.05) is 4.90 Å². The molecular formula is C17H22N4O5S2. The van der Waals surface area contributed by atoms with Gasteiger partial charge < -0.3 is 15.0 Å². The molecule has 1 aliphatic heterocycles. The maximum absolute atomic E-state index is 12.3. The quantitative estimate of drug-likeness (QED) is 0.770. The molecule has 0 radical (unpaired) electrons. The largest absolute Gasteiger partial charge is 0.450 e. The van der Waals surface area contributed by atoms with Crippen LogP contribution in [0.1, 0.15) is 6.92 Å². The summed E-state index contributed by atoms with van der Waals surface area (Å²) < 4.78 is 29.0. The van der Waals surface area contributed by atoms with E-state index in [1.165, 1.54) is 17.4 Å². The number of benzene rings is 1. The van der Waals surface area contributed by atoms with E-state index in [0.717, 1.165) is 6.26 Å². The van der Waals surface area contributed by atoms with Gasteiger partial charge in [0.15, 0.2) is 15.0 Å². The lowest BCUT2D eigenvalue weighted by Gasteiger charge is -2.33. The van der Waals surface area contributed by atoms with Crippen molar-refractivity contribution >= 4 is 48.5 Å². The molecule has 0 unspecified atom stereocenters. The van der Waals surface area contributed by atoms with E-state index in [2.05, 4.69) is 10.3 Å². The average Bonchev–Trinajstić information content (AvgIpc) is 3.02. The topological polar surface area (TPSA) is 109 Å². The van der Waals surface area contributed by atoms with Crippen LogP contribution >= 0.6 is 11.3 Å². The van der Waals surface area contributed by atoms with Crippen molar-refractivity contribution in [2.45, 2.75) is 11.8 Å². The monoisotopic (exact) mass is 426 g/mol. The molecule has 0 saturated carbocycles. The standard InChI is InChI=1S/C17H22N4O5S2/c1-3-26-17(23)21-8-6-20(7-9-21)11-15(22)19-16-18-13-5-4-12(28(2,24)25)10-14(13)27-16/h4-5,10H,3,6-9,11H2,1-2H3,(H,18,19,22). The van der Waals surface area contributed by atoms with Crippen LogP contribution in [-0.4, -0.2) is 80.8 Å². The van der Waals surface area contributed by atoms with Crippen LogP contribution in [0.2, 0.25) is 0 Å². The van der Waals surface area contributed by atoms with Gasteiger partial charge >= 0.3 is 6.09 Å². The zero-order chi connectivity index (χ0) is 20.3. The molecule has 0 atom stereocenters. The van der Waals surface area contributed by atoms with Gasteiger partial charge in [-0.05, 0) is 25.1 Å². The SMILES string of the molecule is CCOC(=O)N1CCN(CC(=O)Nc2nc3ccc(S(C)(=O)=O)cc3s2)CC1. The molecule has 1 fully saturated rings. The zero-order valence-corrected chi connectivity index (χ0v) is 17.3. The van der Waals surface area contributed by atoms with Crippen LogP contribution < -0.4 is 5.32 Å². The highest BCUT2D eigenvalue weighted by Gasteiger charge is 2.23. The molecule has 2 heterocycles. The molecule has 3 rings (SSSR count). The summed E-state index contributed by atoms with van der Waals surface area (Å²) in [5.74, 6) is -0.202. The van der Waals surface area contributed by atoms with E-state index in [0.29, 0.717) is 48.1 Å². The number of ether oxygens (including phenoxy) is 1. The van der Waals surface area contributed by atoms with E-state index in [9.17, 15) is 18.0 Å². The number of nitrogens with zero attached hydrogens (tertiary/aromatic N) is 3. The first-order valence-corrected chi connectivity index (χ1v) is 11.5. The number of hydrogen-bond acceptors (Lipinski definition) is 8. The first kappa shape index (κ1) is 20.5. The van der Waals surface area contributed by atoms with Crippen molar-refractivity contribution in [2.75, 3.05) is 50.9 Å². The van der Waals surface area contributed by atoms with E-state index in [1.54, 1.807) is 24.0 Å². The second-order valence-corrected chi connectivity index (χ2v) is 9.48. The minimum atomic E-state index is -3.29. The minimum absolute atomic E-state index is 0.196. The summed E-state index contributed by atoms with van der Waals surface area (Å²) in [5, 5.41) is 3.19. The molecule has 1 saturated heterocycles. The molecule has 11 heteroatoms. The molecule has 2 amide bonds. The van der Waals surface area contributed by atoms with Crippen molar-refractivity contribution in [2.24, 2.45) is 0 Å². The van der Waals surface area contributed by atoms with Gasteiger partial charge in [0.25, 0.3) is 0 Å². The number of nitrogens with one attached hydrogen (secondary N) is 1. The Hall–Kier alpha value is -2.24. The third-order valence-corrected chi connectivity index (χ3v) is 6.34. The number of aromatic nitrogens is 1. The lowest BCUT2D eigenvalue weighted by molar-refractivity contribution is -0.117. The summed E-state index contributed by atoms with van der Waals surface area (Å²) in [6.45, 7) is 4.51. The van der Waals surface area contributed by atoms with Crippen LogP contribution in [0.3, 0.4) is 0 Å². The summed E-state index contributed by atoms with van der Waals surface area (Å²) >= 11 is 1.23. The van der Waals surface area contributed by atoms with Gasteiger partial charge in [-0.25, -0.2) is 18.2 Å². The van der Waals surface area contributed by atoms with Gasteiger partial charge in [-0.2, -0.15) is 0 Å². The Morgan fingerprint density at radius 2 is 1.96 bits per heavy atom. The molecule has 0 aliphatic carbocycles. The van der Waals surface area contributed by atoms with E-state index in [-0.39, 0.29) is 23.4 Å². The Labute approximate surface area is 167 Å². The van der Waals surface area contributed by atoms with Crippen LogP contribution in [0.15, 0.2) is 23.1 Å². The highest BCUT2D eigenvalue weighted by Crippen LogP contribution is 2.28. The normalized spacial score (nSPS) is 15.6. The first-order chi connectivity index (χ1) is 13.3. The van der Waals surface area contributed by atoms with Crippen molar-refractivity contribution in [3.63, 3.8) is 0 Å². The van der Waals surface area contributed by atoms with Crippen LogP contribution in [0.25, 0.3) is 10.2 Å². The number of piperazine rings is 1. The number of rotatable bonds is 5. The van der Waals surface area contributed by atoms with Crippen LogP contribution in [-0.2, 0) is 19.4 Å². The van der Waals surface area contributed by atoms with Gasteiger partial charge in [0, 0.05) is 32.4 Å². The number of hydrogen-bond donors (Lipinski definition) is 1. The maximum atomic E-state index is 12.3. The van der Waals surface area contributed by atoms with Crippen LogP contribution in [0.5, 0.6) is 0 Å². The van der Waals surface area contributed by atoms with E-state index in [4.69, 9.17) is 4.74 Å². The van der Waals surface area contributed by atoms with Gasteiger partial charge in [0.1, 0.15) is 0 Å². The molecule has 2 aromatic rings. The Kier molecular flexibility index (Phi) is 6.16. The predicted molar refractivity (Wildman–Crippen MR) is 106 cm³/mol. The third kappa shape index (κ3) is 4.97. The predicted octanol–water partition coefficient (Wildman–Crippen LogP) is 1.41. The molecule has 1 aromatic carbocycles. The second kappa shape index (κ2) is 8.41. The number of carbonyl (C=O) groups excluding carboxylic acids is 2. The fraction of sp³-hybridized carbons (Fsp3) is 0.471. The van der Waals surface area contributed by atoms with Gasteiger partial charge in [-0.3, -0.25) is 9.69 Å². The van der Waals surface area contributed by atoms with Crippen molar-refractivity contribution in [3.05, 3.63) is 18.2 Å². The second-order valence-electron chi connectivity index (χ2n) is 6.43. The number of sulfone groups is 1. The summed E-state index contributed by atoms with van der Waals surface area (Å²) in [7, 11) is -3.29. The van der Waals surface area contributed by atoms with Gasteiger partial charge in [-0.1, -0.05) is 11.3 Å². The number of fused-ring (bicyclic) bond motifs is 1. The molecule has 1 aliphatic rings. The lowest BCUT2D eigenvalue weighted by atomic mass is 10.3. The van der Waals surface area contributed by atoms with Crippen molar-refractivity contribution in [1.29, 1.82) is 0 Å². The molecule has 28 heavy (non-hydrogen) atoms. The minimum Gasteiger partial charge on any atom is -0.450 e. The summed E-state index contributed by atoms with van der Waals surface area (Å²) in [5.41, 5.74) is 0.635. The molecular weight excluding hydrogens is 404 g/mol. The Balaban J connectivity index is 1.56. The summed E-state index contributed by atoms with van der Waals surface area (Å²) in [4.78, 5) is 32.2. The first-order valence-electron chi connectivity index (χ1n) is 8.81. The number of carbonyl (C=O) groups is 2. The zero-order valence-electron chi connectivity index (χ0n) is 15.7. The molecule has 0 bridgehead atoms. The van der Waals surface area contributed by atoms with Crippen LogP contribution in [0.4, 0.5) is 9.93 Å². The van der Waals surface area contributed by atoms with Crippen molar-refractivity contribution < 1.29 is 22.7 Å². The lowest BCUT2D eigenvalue weighted by Crippen LogP contribution is -2.50. The highest BCUT2D eigenvalue weighted by molar-refractivity contribution is 7.90. The molecule has 0 spiro atoms. The third-order valence-electron chi connectivity index (χ3n) is 4.30. The summed E-state index contributed by atoms with van der Waals surface area (Å²) in [6, 6.07) is 4.70. The number of amides is 2. The van der Waals surface area contributed by atoms with Gasteiger partial charge in [0.05, 0.1) is 28.3 Å². The Morgan fingerprint density at radius 3 is 2.61 bits per heavy atom. The fourth-order valence-electron chi connectivity index (χ4n) is 2.85. The maximum Gasteiger partial charge on any atom is 0.409 e. The molecule has 152 valence electrons. The van der Waals surface area contributed by atoms with Crippen LogP contribution in [0, 0.1) is 0 Å².